The standard InChI is InChI=1S/C27H46N2O10S/c1-19(30)36-18-24-26(38-21(3)32)27(39-22(4)33)25(37-20(2)31)17-28(24)14-10-5-6-11-15-29(40(34)35)16-23-12-8-7-9-13-23/h23-27H,5-18H2,1-4H3,(H,34,35)/p-1/t24-,25+,26-,27-/m1/s1. The molecule has 2 rings (SSSR count). The van der Waals surface area contributed by atoms with E-state index in [-0.39, 0.29) is 13.2 Å². The zero-order chi connectivity index (χ0) is 29.7. The quantitative estimate of drug-likeness (QED) is 0.120. The number of carbonyl (C=O) groups is 4. The van der Waals surface area contributed by atoms with Crippen molar-refractivity contribution in [2.45, 2.75) is 110 Å². The summed E-state index contributed by atoms with van der Waals surface area (Å²) < 4.78 is 46.7. The van der Waals surface area contributed by atoms with E-state index in [1.807, 2.05) is 4.90 Å². The lowest BCUT2D eigenvalue weighted by atomic mass is 9.89. The van der Waals surface area contributed by atoms with Crippen molar-refractivity contribution in [2.24, 2.45) is 5.92 Å². The highest BCUT2D eigenvalue weighted by Gasteiger charge is 2.49. The van der Waals surface area contributed by atoms with E-state index in [9.17, 15) is 27.9 Å². The average molecular weight is 590 g/mol. The Bertz CT molecular complexity index is 866. The van der Waals surface area contributed by atoms with Gasteiger partial charge in [-0.2, -0.15) is 0 Å². The molecular weight excluding hydrogens is 544 g/mol. The van der Waals surface area contributed by atoms with Crippen LogP contribution in [0.25, 0.3) is 0 Å². The third-order valence-corrected chi connectivity index (χ3v) is 8.09. The second kappa shape index (κ2) is 17.7. The summed E-state index contributed by atoms with van der Waals surface area (Å²) in [5.41, 5.74) is 0. The van der Waals surface area contributed by atoms with Crippen molar-refractivity contribution in [3.05, 3.63) is 0 Å². The van der Waals surface area contributed by atoms with Gasteiger partial charge in [0, 0.05) is 58.6 Å². The molecule has 1 aliphatic heterocycles. The van der Waals surface area contributed by atoms with Gasteiger partial charge >= 0.3 is 23.9 Å². The number of carbonyl (C=O) groups excluding carboxylic acids is 4. The Morgan fingerprint density at radius 2 is 1.43 bits per heavy atom. The number of esters is 4. The Morgan fingerprint density at radius 3 is 2.00 bits per heavy atom. The molecule has 5 atom stereocenters. The molecule has 1 unspecified atom stereocenters. The summed E-state index contributed by atoms with van der Waals surface area (Å²) in [5.74, 6) is -1.90. The number of hydrogen-bond donors (Lipinski definition) is 0. The average Bonchev–Trinajstić information content (AvgIpc) is 2.86. The lowest BCUT2D eigenvalue weighted by Gasteiger charge is -2.46. The summed E-state index contributed by atoms with van der Waals surface area (Å²) >= 11 is -2.24. The van der Waals surface area contributed by atoms with Crippen LogP contribution in [0.1, 0.15) is 85.5 Å². The number of likely N-dealkylation sites (tertiary alicyclic amines) is 1. The van der Waals surface area contributed by atoms with Crippen molar-refractivity contribution in [3.8, 4) is 0 Å². The molecule has 0 aromatic heterocycles. The molecule has 0 N–H and O–H groups in total. The predicted molar refractivity (Wildman–Crippen MR) is 144 cm³/mol. The molecule has 1 aliphatic carbocycles. The normalized spacial score (nSPS) is 24.8. The van der Waals surface area contributed by atoms with Gasteiger partial charge in [-0.25, -0.2) is 4.31 Å². The summed E-state index contributed by atoms with van der Waals surface area (Å²) in [4.78, 5) is 49.2. The van der Waals surface area contributed by atoms with E-state index >= 15 is 0 Å². The fraction of sp³-hybridized carbons (Fsp3) is 0.852. The largest absolute Gasteiger partial charge is 0.760 e. The first-order chi connectivity index (χ1) is 19.0. The van der Waals surface area contributed by atoms with Crippen LogP contribution in [0.4, 0.5) is 0 Å². The second-order valence-corrected chi connectivity index (χ2v) is 11.6. The summed E-state index contributed by atoms with van der Waals surface area (Å²) in [7, 11) is 0. The monoisotopic (exact) mass is 589 g/mol. The molecule has 1 saturated heterocycles. The molecule has 0 aromatic rings. The topological polar surface area (TPSA) is 152 Å². The molecule has 13 heteroatoms. The maximum absolute atomic E-state index is 12.0. The maximum atomic E-state index is 12.0. The predicted octanol–water partition coefficient (Wildman–Crippen LogP) is 2.27. The smallest absolute Gasteiger partial charge is 0.303 e. The highest BCUT2D eigenvalue weighted by atomic mass is 32.2. The van der Waals surface area contributed by atoms with Crippen molar-refractivity contribution in [2.75, 3.05) is 32.8 Å². The van der Waals surface area contributed by atoms with Crippen molar-refractivity contribution in [1.29, 1.82) is 0 Å². The molecule has 2 fully saturated rings. The maximum Gasteiger partial charge on any atom is 0.303 e. The fourth-order valence-electron chi connectivity index (χ4n) is 5.60. The second-order valence-electron chi connectivity index (χ2n) is 10.7. The molecule has 40 heavy (non-hydrogen) atoms. The van der Waals surface area contributed by atoms with Gasteiger partial charge < -0.3 is 23.5 Å². The van der Waals surface area contributed by atoms with E-state index in [1.165, 1.54) is 38.4 Å². The Hall–Kier alpha value is -2.09. The lowest BCUT2D eigenvalue weighted by molar-refractivity contribution is -0.207. The lowest BCUT2D eigenvalue weighted by Crippen LogP contribution is -2.65. The van der Waals surface area contributed by atoms with E-state index < -0.39 is 59.5 Å². The van der Waals surface area contributed by atoms with Gasteiger partial charge in [0.2, 0.25) is 0 Å². The van der Waals surface area contributed by atoms with Crippen LogP contribution < -0.4 is 0 Å². The van der Waals surface area contributed by atoms with Crippen molar-refractivity contribution >= 4 is 35.1 Å². The van der Waals surface area contributed by atoms with E-state index in [0.717, 1.165) is 51.4 Å². The summed E-state index contributed by atoms with van der Waals surface area (Å²) in [6, 6.07) is -0.627. The molecule has 230 valence electrons. The van der Waals surface area contributed by atoms with Crippen LogP contribution in [0, 0.1) is 5.92 Å². The molecule has 12 nitrogen and oxygen atoms in total. The van der Waals surface area contributed by atoms with Crippen LogP contribution in [-0.4, -0.2) is 99.0 Å². The number of unbranched alkanes of at least 4 members (excludes halogenated alkanes) is 3. The molecule has 0 amide bonds. The first kappa shape index (κ1) is 34.1. The third kappa shape index (κ3) is 12.2. The van der Waals surface area contributed by atoms with Gasteiger partial charge in [-0.3, -0.25) is 28.3 Å². The molecule has 2 aliphatic rings. The molecule has 0 aromatic carbocycles. The minimum absolute atomic E-state index is 0.108. The van der Waals surface area contributed by atoms with Crippen LogP contribution in [0.3, 0.4) is 0 Å². The van der Waals surface area contributed by atoms with Gasteiger partial charge in [0.05, 0.1) is 6.04 Å². The molecule has 1 heterocycles. The number of nitrogens with zero attached hydrogens (tertiary/aromatic N) is 2. The van der Waals surface area contributed by atoms with Gasteiger partial charge in [0.15, 0.2) is 18.3 Å². The van der Waals surface area contributed by atoms with Crippen molar-refractivity contribution in [3.63, 3.8) is 0 Å². The Labute approximate surface area is 239 Å². The van der Waals surface area contributed by atoms with E-state index in [1.54, 1.807) is 0 Å². The Kier molecular flexibility index (Phi) is 15.1. The van der Waals surface area contributed by atoms with Crippen LogP contribution in [0.5, 0.6) is 0 Å². The summed E-state index contributed by atoms with van der Waals surface area (Å²) in [5, 5.41) is 0. The summed E-state index contributed by atoms with van der Waals surface area (Å²) in [6.07, 6.45) is 5.82. The molecule has 0 spiro atoms. The van der Waals surface area contributed by atoms with Crippen LogP contribution in [0.2, 0.25) is 0 Å². The van der Waals surface area contributed by atoms with Gasteiger partial charge in [0.25, 0.3) is 0 Å². The van der Waals surface area contributed by atoms with E-state index in [4.69, 9.17) is 18.9 Å². The number of hydrogen-bond acceptors (Lipinski definition) is 11. The van der Waals surface area contributed by atoms with Gasteiger partial charge in [0.1, 0.15) is 6.61 Å². The van der Waals surface area contributed by atoms with Gasteiger partial charge in [-0.05, 0) is 38.1 Å². The molecule has 0 bridgehead atoms. The fourth-order valence-corrected chi connectivity index (χ4v) is 6.21. The van der Waals surface area contributed by atoms with Crippen molar-refractivity contribution < 1.29 is 46.9 Å². The Balaban J connectivity index is 2.01. The number of ether oxygens (including phenoxy) is 4. The zero-order valence-electron chi connectivity index (χ0n) is 24.2. The minimum Gasteiger partial charge on any atom is -0.760 e. The summed E-state index contributed by atoms with van der Waals surface area (Å²) in [6.45, 7) is 6.60. The van der Waals surface area contributed by atoms with Crippen LogP contribution in [0.15, 0.2) is 0 Å². The van der Waals surface area contributed by atoms with Crippen LogP contribution in [-0.2, 0) is 49.4 Å². The highest BCUT2D eigenvalue weighted by molar-refractivity contribution is 7.76. The first-order valence-corrected chi connectivity index (χ1v) is 15.2. The zero-order valence-corrected chi connectivity index (χ0v) is 25.0. The van der Waals surface area contributed by atoms with Gasteiger partial charge in [-0.15, -0.1) is 0 Å². The number of rotatable bonds is 15. The minimum atomic E-state index is -2.24. The Morgan fingerprint density at radius 1 is 0.825 bits per heavy atom. The van der Waals surface area contributed by atoms with E-state index in [2.05, 4.69) is 0 Å². The third-order valence-electron chi connectivity index (χ3n) is 7.33. The SMILES string of the molecule is CC(=O)OC[C@@H]1[C@@H](OC(C)=O)[C@H](OC(C)=O)[C@@H](OC(C)=O)CN1CCCCCCN(CC1CCCCC1)S(=O)[O-]. The first-order valence-electron chi connectivity index (χ1n) is 14.2. The van der Waals surface area contributed by atoms with Gasteiger partial charge in [-0.1, -0.05) is 32.1 Å². The number of piperidine rings is 1. The molecular formula is C27H45N2O10S-. The molecule has 1 saturated carbocycles. The van der Waals surface area contributed by atoms with Crippen LogP contribution >= 0.6 is 0 Å². The molecule has 0 radical (unpaired) electrons. The highest BCUT2D eigenvalue weighted by Crippen LogP contribution is 2.28. The van der Waals surface area contributed by atoms with Crippen molar-refractivity contribution in [1.82, 2.24) is 9.21 Å². The van der Waals surface area contributed by atoms with E-state index in [0.29, 0.717) is 25.6 Å².